The average Bonchev–Trinajstić information content (AvgIpc) is 2.81. The van der Waals surface area contributed by atoms with Crippen LogP contribution in [0.4, 0.5) is 18.9 Å². The zero-order valence-electron chi connectivity index (χ0n) is 17.9. The molecule has 180 valence electrons. The Morgan fingerprint density at radius 2 is 1.56 bits per heavy atom. The van der Waals surface area contributed by atoms with Crippen LogP contribution in [0.15, 0.2) is 83.8 Å². The van der Waals surface area contributed by atoms with Crippen molar-refractivity contribution in [2.45, 2.75) is 23.9 Å². The Kier molecular flexibility index (Phi) is 8.22. The summed E-state index contributed by atoms with van der Waals surface area (Å²) in [4.78, 5) is 12.4. The second kappa shape index (κ2) is 10.9. The Morgan fingerprint density at radius 3 is 2.18 bits per heavy atom. The maximum Gasteiger partial charge on any atom is 0.416 e. The molecule has 0 aliphatic heterocycles. The van der Waals surface area contributed by atoms with Gasteiger partial charge >= 0.3 is 6.18 Å². The van der Waals surface area contributed by atoms with Gasteiger partial charge in [-0.2, -0.15) is 13.2 Å². The number of aryl methyl sites for hydroxylation is 1. The first-order valence-corrected chi connectivity index (χ1v) is 12.2. The number of halogens is 4. The van der Waals surface area contributed by atoms with Crippen molar-refractivity contribution in [1.82, 2.24) is 5.32 Å². The summed E-state index contributed by atoms with van der Waals surface area (Å²) in [6.45, 7) is -0.465. The molecule has 34 heavy (non-hydrogen) atoms. The predicted octanol–water partition coefficient (Wildman–Crippen LogP) is 5.30. The van der Waals surface area contributed by atoms with Crippen molar-refractivity contribution in [3.8, 4) is 0 Å². The maximum atomic E-state index is 13.3. The largest absolute Gasteiger partial charge is 0.416 e. The Hall–Kier alpha value is -3.04. The summed E-state index contributed by atoms with van der Waals surface area (Å²) < 4.78 is 67.1. The fourth-order valence-corrected chi connectivity index (χ4v) is 4.97. The summed E-state index contributed by atoms with van der Waals surface area (Å²) in [6.07, 6.45) is -3.42. The van der Waals surface area contributed by atoms with Gasteiger partial charge in [0.15, 0.2) is 0 Å². The lowest BCUT2D eigenvalue weighted by atomic mass is 10.1. The molecule has 1 amide bonds. The van der Waals surface area contributed by atoms with E-state index in [-0.39, 0.29) is 16.5 Å². The molecule has 3 aromatic carbocycles. The second-order valence-electron chi connectivity index (χ2n) is 7.43. The third-order valence-electron chi connectivity index (χ3n) is 4.97. The number of benzene rings is 3. The van der Waals surface area contributed by atoms with E-state index in [0.29, 0.717) is 23.2 Å². The van der Waals surface area contributed by atoms with Crippen LogP contribution in [0.2, 0.25) is 5.02 Å². The van der Waals surface area contributed by atoms with E-state index in [9.17, 15) is 26.4 Å². The van der Waals surface area contributed by atoms with Gasteiger partial charge in [0.2, 0.25) is 5.91 Å². The molecule has 0 heterocycles. The van der Waals surface area contributed by atoms with Crippen molar-refractivity contribution in [2.24, 2.45) is 0 Å². The molecule has 0 radical (unpaired) electrons. The number of sulfonamides is 1. The highest BCUT2D eigenvalue weighted by atomic mass is 35.5. The molecule has 0 bridgehead atoms. The van der Waals surface area contributed by atoms with Crippen molar-refractivity contribution in [3.63, 3.8) is 0 Å². The normalized spacial score (nSPS) is 11.8. The van der Waals surface area contributed by atoms with Crippen molar-refractivity contribution >= 4 is 33.2 Å². The highest BCUT2D eigenvalue weighted by molar-refractivity contribution is 7.92. The number of carbonyl (C=O) groups excluding carboxylic acids is 1. The fourth-order valence-electron chi connectivity index (χ4n) is 3.25. The molecular formula is C24H22ClF3N2O3S. The van der Waals surface area contributed by atoms with Crippen LogP contribution in [-0.4, -0.2) is 27.4 Å². The van der Waals surface area contributed by atoms with E-state index in [4.69, 9.17) is 11.6 Å². The summed E-state index contributed by atoms with van der Waals surface area (Å²) >= 11 is 6.11. The molecule has 5 nitrogen and oxygen atoms in total. The molecule has 3 rings (SSSR count). The Labute approximate surface area is 201 Å². The molecule has 0 saturated carbocycles. The van der Waals surface area contributed by atoms with Gasteiger partial charge in [-0.05, 0) is 48.7 Å². The number of hydrogen-bond acceptors (Lipinski definition) is 3. The fraction of sp³-hybridized carbons (Fsp3) is 0.208. The van der Waals surface area contributed by atoms with Crippen LogP contribution < -0.4 is 9.62 Å². The van der Waals surface area contributed by atoms with E-state index >= 15 is 0 Å². The molecule has 0 atom stereocenters. The lowest BCUT2D eigenvalue weighted by Crippen LogP contribution is -2.41. The topological polar surface area (TPSA) is 66.5 Å². The summed E-state index contributed by atoms with van der Waals surface area (Å²) in [5.74, 6) is -0.666. The highest BCUT2D eigenvalue weighted by Gasteiger charge is 2.34. The van der Waals surface area contributed by atoms with Gasteiger partial charge in [0.25, 0.3) is 10.0 Å². The van der Waals surface area contributed by atoms with Crippen molar-refractivity contribution in [2.75, 3.05) is 17.4 Å². The van der Waals surface area contributed by atoms with Crippen LogP contribution in [0.3, 0.4) is 0 Å². The quantitative estimate of drug-likeness (QED) is 0.397. The third-order valence-corrected chi connectivity index (χ3v) is 7.06. The summed E-state index contributed by atoms with van der Waals surface area (Å²) in [5.41, 5.74) is -0.427. The molecule has 10 heteroatoms. The number of rotatable bonds is 9. The minimum Gasteiger partial charge on any atom is -0.355 e. The van der Waals surface area contributed by atoms with E-state index in [2.05, 4.69) is 5.32 Å². The van der Waals surface area contributed by atoms with E-state index in [1.54, 1.807) is 6.07 Å². The number of carbonyl (C=O) groups is 1. The number of amides is 1. The lowest BCUT2D eigenvalue weighted by molar-refractivity contribution is -0.137. The molecule has 0 unspecified atom stereocenters. The minimum atomic E-state index is -4.72. The molecule has 0 saturated heterocycles. The third kappa shape index (κ3) is 6.51. The molecule has 0 aliphatic carbocycles. The summed E-state index contributed by atoms with van der Waals surface area (Å²) in [6, 6.07) is 19.1. The average molecular weight is 511 g/mol. The van der Waals surface area contributed by atoms with Gasteiger partial charge in [0, 0.05) is 6.54 Å². The molecule has 0 aliphatic rings. The first-order chi connectivity index (χ1) is 16.1. The van der Waals surface area contributed by atoms with Gasteiger partial charge in [-0.25, -0.2) is 8.42 Å². The van der Waals surface area contributed by atoms with Crippen molar-refractivity contribution in [1.29, 1.82) is 0 Å². The number of nitrogens with one attached hydrogen (secondary N) is 1. The minimum absolute atomic E-state index is 0.180. The van der Waals surface area contributed by atoms with E-state index in [0.717, 1.165) is 17.7 Å². The molecule has 0 aromatic heterocycles. The van der Waals surface area contributed by atoms with E-state index in [1.165, 1.54) is 24.3 Å². The zero-order valence-corrected chi connectivity index (χ0v) is 19.5. The molecular weight excluding hydrogens is 489 g/mol. The molecule has 0 spiro atoms. The van der Waals surface area contributed by atoms with Crippen LogP contribution in [0.25, 0.3) is 0 Å². The maximum absolute atomic E-state index is 13.3. The van der Waals surface area contributed by atoms with Gasteiger partial charge in [-0.1, -0.05) is 60.1 Å². The van der Waals surface area contributed by atoms with Gasteiger partial charge in [0.05, 0.1) is 21.2 Å². The zero-order chi connectivity index (χ0) is 24.8. The Morgan fingerprint density at radius 1 is 0.941 bits per heavy atom. The predicted molar refractivity (Wildman–Crippen MR) is 125 cm³/mol. The van der Waals surface area contributed by atoms with Gasteiger partial charge in [-0.3, -0.25) is 9.10 Å². The van der Waals surface area contributed by atoms with Crippen LogP contribution >= 0.6 is 11.6 Å². The van der Waals surface area contributed by atoms with E-state index in [1.807, 2.05) is 30.3 Å². The van der Waals surface area contributed by atoms with Gasteiger partial charge in [-0.15, -0.1) is 0 Å². The second-order valence-corrected chi connectivity index (χ2v) is 9.70. The Balaban J connectivity index is 1.84. The van der Waals surface area contributed by atoms with E-state index < -0.39 is 39.9 Å². The summed E-state index contributed by atoms with van der Waals surface area (Å²) in [5, 5.41) is 2.40. The molecule has 3 aromatic rings. The number of nitrogens with zero attached hydrogens (tertiary/aromatic N) is 1. The van der Waals surface area contributed by atoms with Crippen LogP contribution in [0, 0.1) is 0 Å². The number of anilines is 1. The first kappa shape index (κ1) is 25.6. The first-order valence-electron chi connectivity index (χ1n) is 10.3. The number of hydrogen-bond donors (Lipinski definition) is 1. The standard InChI is InChI=1S/C24H22ClF3N2O3S/c25-21-14-13-19(24(26,27)28)16-22(21)30(34(32,33)20-11-5-2-6-12-20)17-23(31)29-15-7-10-18-8-3-1-4-9-18/h1-6,8-9,11-14,16H,7,10,15,17H2,(H,29,31). The SMILES string of the molecule is O=C(CN(c1cc(C(F)(F)F)ccc1Cl)S(=O)(=O)c1ccccc1)NCCCc1ccccc1. The molecule has 0 fully saturated rings. The Bertz CT molecular complexity index is 1220. The monoisotopic (exact) mass is 510 g/mol. The van der Waals surface area contributed by atoms with Crippen LogP contribution in [-0.2, 0) is 27.4 Å². The summed E-state index contributed by atoms with van der Waals surface area (Å²) in [7, 11) is -4.39. The number of alkyl halides is 3. The molecule has 1 N–H and O–H groups in total. The van der Waals surface area contributed by atoms with Crippen molar-refractivity contribution in [3.05, 3.63) is 95.0 Å². The van der Waals surface area contributed by atoms with Crippen LogP contribution in [0.1, 0.15) is 17.5 Å². The lowest BCUT2D eigenvalue weighted by Gasteiger charge is -2.26. The smallest absolute Gasteiger partial charge is 0.355 e. The van der Waals surface area contributed by atoms with Crippen molar-refractivity contribution < 1.29 is 26.4 Å². The van der Waals surface area contributed by atoms with Crippen LogP contribution in [0.5, 0.6) is 0 Å². The highest BCUT2D eigenvalue weighted by Crippen LogP contribution is 2.37. The van der Waals surface area contributed by atoms with Gasteiger partial charge < -0.3 is 5.32 Å². The van der Waals surface area contributed by atoms with Gasteiger partial charge in [0.1, 0.15) is 6.54 Å².